The van der Waals surface area contributed by atoms with Gasteiger partial charge in [-0.1, -0.05) is 38.5 Å². The molecular weight excluding hydrogens is 689 g/mol. The minimum absolute atomic E-state index is 0.210. The van der Waals surface area contributed by atoms with Crippen LogP contribution in [0, 0.1) is 5.41 Å². The fraction of sp³-hybridized carbons (Fsp3) is 0.405. The highest BCUT2D eigenvalue weighted by Gasteiger charge is 2.31. The highest BCUT2D eigenvalue weighted by molar-refractivity contribution is 7.84. The van der Waals surface area contributed by atoms with E-state index in [4.69, 9.17) is 9.47 Å². The van der Waals surface area contributed by atoms with Crippen LogP contribution >= 0.6 is 0 Å². The van der Waals surface area contributed by atoms with Crippen molar-refractivity contribution in [2.24, 2.45) is 5.41 Å². The van der Waals surface area contributed by atoms with Gasteiger partial charge in [0.2, 0.25) is 0 Å². The largest absolute Gasteiger partial charge is 0.491 e. The van der Waals surface area contributed by atoms with Crippen LogP contribution in [0.2, 0.25) is 0 Å². The van der Waals surface area contributed by atoms with Crippen LogP contribution in [0.4, 0.5) is 11.4 Å². The van der Waals surface area contributed by atoms with Crippen molar-refractivity contribution in [1.29, 1.82) is 0 Å². The fourth-order valence-electron chi connectivity index (χ4n) is 6.21. The number of aryl methyl sites for hydroxylation is 1. The first-order valence-electron chi connectivity index (χ1n) is 18.5. The molecule has 0 fully saturated rings. The first-order chi connectivity index (χ1) is 25.6. The van der Waals surface area contributed by atoms with E-state index >= 15 is 0 Å². The van der Waals surface area contributed by atoms with Crippen molar-refractivity contribution in [3.63, 3.8) is 0 Å². The molecule has 3 aromatic carbocycles. The molecule has 0 unspecified atom stereocenters. The Hall–Kier alpha value is -4.74. The zero-order valence-corrected chi connectivity index (χ0v) is 32.1. The van der Waals surface area contributed by atoms with Gasteiger partial charge in [-0.25, -0.2) is 4.98 Å². The number of amides is 1. The highest BCUT2D eigenvalue weighted by atomic mass is 32.2. The van der Waals surface area contributed by atoms with Crippen molar-refractivity contribution in [2.45, 2.75) is 77.0 Å². The van der Waals surface area contributed by atoms with E-state index in [9.17, 15) is 18.9 Å². The van der Waals surface area contributed by atoms with E-state index in [1.165, 1.54) is 0 Å². The van der Waals surface area contributed by atoms with Gasteiger partial charge in [0, 0.05) is 54.3 Å². The number of carboxylic acids is 1. The molecule has 5 rings (SSSR count). The van der Waals surface area contributed by atoms with Gasteiger partial charge in [-0.3, -0.25) is 13.8 Å². The summed E-state index contributed by atoms with van der Waals surface area (Å²) in [5.74, 6) is 0.0609. The fourth-order valence-corrected chi connectivity index (χ4v) is 7.32. The summed E-state index contributed by atoms with van der Waals surface area (Å²) in [6.45, 7) is 11.2. The Kier molecular flexibility index (Phi) is 14.0. The summed E-state index contributed by atoms with van der Waals surface area (Å²) in [6, 6.07) is 21.2. The number of aliphatic carboxylic acids is 1. The molecule has 0 radical (unpaired) electrons. The molecule has 282 valence electrons. The van der Waals surface area contributed by atoms with Crippen molar-refractivity contribution in [2.75, 3.05) is 43.1 Å². The molecule has 4 aromatic rings. The van der Waals surface area contributed by atoms with Gasteiger partial charge in [0.1, 0.15) is 12.4 Å². The molecule has 1 aliphatic heterocycles. The van der Waals surface area contributed by atoms with Crippen LogP contribution in [-0.4, -0.2) is 63.7 Å². The summed E-state index contributed by atoms with van der Waals surface area (Å²) < 4.78 is 26.6. The summed E-state index contributed by atoms with van der Waals surface area (Å²) in [5.41, 5.74) is 4.87. The molecule has 0 bridgehead atoms. The zero-order valence-electron chi connectivity index (χ0n) is 31.3. The Morgan fingerprint density at radius 1 is 0.962 bits per heavy atom. The number of nitrogens with one attached hydrogen (secondary N) is 1. The average molecular weight is 741 g/mol. The molecule has 10 nitrogen and oxygen atoms in total. The predicted molar refractivity (Wildman–Crippen MR) is 212 cm³/mol. The number of unbranched alkanes of at least 4 members (excludes halogenated alkanes) is 1. The Morgan fingerprint density at radius 3 is 2.43 bits per heavy atom. The summed E-state index contributed by atoms with van der Waals surface area (Å²) in [6.07, 6.45) is 9.75. The van der Waals surface area contributed by atoms with Crippen LogP contribution in [0.1, 0.15) is 71.1 Å². The van der Waals surface area contributed by atoms with E-state index in [1.54, 1.807) is 50.6 Å². The summed E-state index contributed by atoms with van der Waals surface area (Å²) in [7, 11) is -1.26. The van der Waals surface area contributed by atoms with Crippen molar-refractivity contribution >= 4 is 40.1 Å². The number of hydrogen-bond acceptors (Lipinski definition) is 7. The topological polar surface area (TPSA) is 123 Å². The molecule has 1 aromatic heterocycles. The number of ether oxygens (including phenoxy) is 2. The summed E-state index contributed by atoms with van der Waals surface area (Å²) in [4.78, 5) is 32.9. The van der Waals surface area contributed by atoms with E-state index < -0.39 is 22.2 Å². The molecule has 1 atom stereocenters. The number of nitrogens with zero attached hydrogens (tertiary/aromatic N) is 3. The van der Waals surface area contributed by atoms with E-state index in [0.29, 0.717) is 61.1 Å². The third kappa shape index (κ3) is 10.9. The monoisotopic (exact) mass is 740 g/mol. The lowest BCUT2D eigenvalue weighted by Gasteiger charge is -2.34. The third-order valence-electron chi connectivity index (χ3n) is 9.27. The van der Waals surface area contributed by atoms with Gasteiger partial charge < -0.3 is 29.4 Å². The van der Waals surface area contributed by atoms with Crippen LogP contribution < -0.4 is 15.0 Å². The number of fused-ring (bicyclic) bond motifs is 1. The van der Waals surface area contributed by atoms with E-state index in [2.05, 4.69) is 35.1 Å². The maximum atomic E-state index is 13.8. The first kappa shape index (κ1) is 39.5. The van der Waals surface area contributed by atoms with Gasteiger partial charge >= 0.3 is 5.97 Å². The standard InChI is InChI=1S/C42H52N4O6S/c1-5-7-22-51-23-24-52-37-15-10-31(11-16-37)32-12-19-39-34(25-32)26-33(9-8-21-45(39)29-42(3,4)41(48)49)40(47)44-35-13-17-38(18-14-35)53(50)28-36-27-43-30-46(36)20-6-2/h10-19,25-27,30H,5-9,20-24,28-29H2,1-4H3,(H,44,47)(H,48,49)/t53-/m1/s1. The number of carbonyl (C=O) groups is 2. The number of rotatable bonds is 18. The van der Waals surface area contributed by atoms with Crippen LogP contribution in [0.3, 0.4) is 0 Å². The SMILES string of the molecule is CCCCOCCOc1ccc(-c2ccc3c(c2)C=C(C(=O)Nc2ccc([S@](=O)Cc4cncn4CCC)cc2)CCCN3CC(C)(C)C(=O)O)cc1. The van der Waals surface area contributed by atoms with Crippen molar-refractivity contribution in [1.82, 2.24) is 9.55 Å². The van der Waals surface area contributed by atoms with Crippen LogP contribution in [0.25, 0.3) is 17.2 Å². The second-order valence-electron chi connectivity index (χ2n) is 14.0. The number of imidazole rings is 1. The molecule has 53 heavy (non-hydrogen) atoms. The van der Waals surface area contributed by atoms with Gasteiger partial charge in [-0.15, -0.1) is 0 Å². The minimum atomic E-state index is -1.26. The second-order valence-corrected chi connectivity index (χ2v) is 15.5. The van der Waals surface area contributed by atoms with Crippen molar-refractivity contribution in [3.8, 4) is 16.9 Å². The molecule has 2 heterocycles. The Balaban J connectivity index is 1.34. The quantitative estimate of drug-likeness (QED) is 0.0980. The predicted octanol–water partition coefficient (Wildman–Crippen LogP) is 8.20. The molecule has 0 saturated heterocycles. The van der Waals surface area contributed by atoms with Crippen LogP contribution in [0.5, 0.6) is 5.75 Å². The smallest absolute Gasteiger partial charge is 0.310 e. The lowest BCUT2D eigenvalue weighted by atomic mass is 9.91. The number of benzene rings is 3. The highest BCUT2D eigenvalue weighted by Crippen LogP contribution is 2.35. The molecule has 0 aliphatic carbocycles. The van der Waals surface area contributed by atoms with Gasteiger partial charge in [-0.2, -0.15) is 0 Å². The Morgan fingerprint density at radius 2 is 1.72 bits per heavy atom. The number of carbonyl (C=O) groups excluding carboxylic acids is 1. The Bertz CT molecular complexity index is 1880. The van der Waals surface area contributed by atoms with Gasteiger partial charge in [0.15, 0.2) is 0 Å². The molecular formula is C42H52N4O6S. The minimum Gasteiger partial charge on any atom is -0.491 e. The maximum Gasteiger partial charge on any atom is 0.310 e. The molecule has 0 saturated carbocycles. The lowest BCUT2D eigenvalue weighted by Crippen LogP contribution is -2.40. The third-order valence-corrected chi connectivity index (χ3v) is 10.6. The van der Waals surface area contributed by atoms with Gasteiger partial charge in [0.25, 0.3) is 5.91 Å². The number of hydrogen-bond donors (Lipinski definition) is 2. The van der Waals surface area contributed by atoms with E-state index in [-0.39, 0.29) is 5.91 Å². The lowest BCUT2D eigenvalue weighted by molar-refractivity contribution is -0.146. The summed E-state index contributed by atoms with van der Waals surface area (Å²) in [5, 5.41) is 13.0. The number of carboxylic acid groups (broad SMARTS) is 1. The second kappa shape index (κ2) is 18.8. The van der Waals surface area contributed by atoms with Gasteiger partial charge in [0.05, 0.1) is 40.6 Å². The van der Waals surface area contributed by atoms with Crippen LogP contribution in [-0.2, 0) is 37.4 Å². The first-order valence-corrected chi connectivity index (χ1v) is 19.8. The molecule has 1 aliphatic rings. The van der Waals surface area contributed by atoms with Crippen molar-refractivity contribution < 1.29 is 28.4 Å². The maximum absolute atomic E-state index is 13.8. The Labute approximate surface area is 315 Å². The van der Waals surface area contributed by atoms with Crippen LogP contribution in [0.15, 0.2) is 89.7 Å². The summed E-state index contributed by atoms with van der Waals surface area (Å²) >= 11 is 0. The number of aromatic nitrogens is 2. The molecule has 2 N–H and O–H groups in total. The van der Waals surface area contributed by atoms with Crippen molar-refractivity contribution in [3.05, 3.63) is 96.1 Å². The molecule has 11 heteroatoms. The normalized spacial score (nSPS) is 13.7. The number of anilines is 2. The zero-order chi connectivity index (χ0) is 37.8. The van der Waals surface area contributed by atoms with E-state index in [0.717, 1.165) is 66.2 Å². The molecule has 0 spiro atoms. The van der Waals surface area contributed by atoms with E-state index in [1.807, 2.05) is 47.0 Å². The molecule has 1 amide bonds. The van der Waals surface area contributed by atoms with Gasteiger partial charge in [-0.05, 0) is 111 Å². The average Bonchev–Trinajstić information content (AvgIpc) is 3.57.